The summed E-state index contributed by atoms with van der Waals surface area (Å²) in [5, 5.41) is 13.9. The molecular weight excluding hydrogens is 308 g/mol. The number of anilines is 1. The summed E-state index contributed by atoms with van der Waals surface area (Å²) in [5.41, 5.74) is 0.00776. The Morgan fingerprint density at radius 2 is 1.88 bits per heavy atom. The summed E-state index contributed by atoms with van der Waals surface area (Å²) in [6.45, 7) is 1.61. The van der Waals surface area contributed by atoms with E-state index in [0.717, 1.165) is 44.6 Å². The molecule has 7 nitrogen and oxygen atoms in total. The Labute approximate surface area is 141 Å². The summed E-state index contributed by atoms with van der Waals surface area (Å²) in [6.07, 6.45) is 8.71. The van der Waals surface area contributed by atoms with Crippen LogP contribution in [0.5, 0.6) is 0 Å². The maximum atomic E-state index is 12.3. The lowest BCUT2D eigenvalue weighted by molar-refractivity contribution is -0.385. The van der Waals surface area contributed by atoms with Gasteiger partial charge in [0.15, 0.2) is 0 Å². The lowest BCUT2D eigenvalue weighted by Crippen LogP contribution is -2.46. The van der Waals surface area contributed by atoms with E-state index in [1.54, 1.807) is 6.07 Å². The van der Waals surface area contributed by atoms with E-state index < -0.39 is 4.92 Å². The number of carbonyl (C=O) groups excluding carboxylic acids is 1. The van der Waals surface area contributed by atoms with Gasteiger partial charge in [-0.25, -0.2) is 4.98 Å². The summed E-state index contributed by atoms with van der Waals surface area (Å²) in [7, 11) is 0. The SMILES string of the molecule is O=C(NC1CCN(c2ccc([N+](=O)[O-])cn2)CC1)C1CCCCC1. The van der Waals surface area contributed by atoms with Gasteiger partial charge in [-0.15, -0.1) is 0 Å². The zero-order valence-corrected chi connectivity index (χ0v) is 13.8. The number of nitrogens with one attached hydrogen (secondary N) is 1. The van der Waals surface area contributed by atoms with Crippen molar-refractivity contribution in [3.05, 3.63) is 28.4 Å². The Hall–Kier alpha value is -2.18. The molecule has 1 saturated heterocycles. The average molecular weight is 332 g/mol. The van der Waals surface area contributed by atoms with E-state index in [-0.39, 0.29) is 23.6 Å². The van der Waals surface area contributed by atoms with E-state index >= 15 is 0 Å². The van der Waals surface area contributed by atoms with Crippen molar-refractivity contribution in [3.63, 3.8) is 0 Å². The van der Waals surface area contributed by atoms with Gasteiger partial charge >= 0.3 is 0 Å². The number of nitrogens with zero attached hydrogens (tertiary/aromatic N) is 3. The second kappa shape index (κ2) is 7.59. The lowest BCUT2D eigenvalue weighted by atomic mass is 9.88. The highest BCUT2D eigenvalue weighted by atomic mass is 16.6. The van der Waals surface area contributed by atoms with Crippen molar-refractivity contribution in [3.8, 4) is 0 Å². The van der Waals surface area contributed by atoms with E-state index in [2.05, 4.69) is 15.2 Å². The molecule has 24 heavy (non-hydrogen) atoms. The number of amides is 1. The van der Waals surface area contributed by atoms with E-state index in [9.17, 15) is 14.9 Å². The zero-order chi connectivity index (χ0) is 16.9. The number of aromatic nitrogens is 1. The molecule has 0 aromatic carbocycles. The maximum Gasteiger partial charge on any atom is 0.287 e. The Kier molecular flexibility index (Phi) is 5.27. The normalized spacial score (nSPS) is 19.9. The van der Waals surface area contributed by atoms with Gasteiger partial charge in [0.05, 0.1) is 4.92 Å². The molecule has 2 heterocycles. The van der Waals surface area contributed by atoms with Crippen LogP contribution in [0.3, 0.4) is 0 Å². The minimum absolute atomic E-state index is 0.00776. The number of pyridine rings is 1. The van der Waals surface area contributed by atoms with Crippen LogP contribution in [0, 0.1) is 16.0 Å². The number of nitro groups is 1. The maximum absolute atomic E-state index is 12.3. The number of hydrogen-bond acceptors (Lipinski definition) is 5. The van der Waals surface area contributed by atoms with Gasteiger partial charge in [0, 0.05) is 31.1 Å². The Morgan fingerprint density at radius 1 is 1.17 bits per heavy atom. The quantitative estimate of drug-likeness (QED) is 0.676. The van der Waals surface area contributed by atoms with Crippen LogP contribution in [-0.4, -0.2) is 34.9 Å². The second-order valence-corrected chi connectivity index (χ2v) is 6.74. The second-order valence-electron chi connectivity index (χ2n) is 6.74. The summed E-state index contributed by atoms with van der Waals surface area (Å²) < 4.78 is 0. The van der Waals surface area contributed by atoms with Crippen LogP contribution >= 0.6 is 0 Å². The lowest BCUT2D eigenvalue weighted by Gasteiger charge is -2.34. The molecule has 0 unspecified atom stereocenters. The molecule has 1 N–H and O–H groups in total. The van der Waals surface area contributed by atoms with E-state index in [1.165, 1.54) is 31.5 Å². The summed E-state index contributed by atoms with van der Waals surface area (Å²) in [6, 6.07) is 3.41. The molecule has 7 heteroatoms. The van der Waals surface area contributed by atoms with Crippen LogP contribution in [0.15, 0.2) is 18.3 Å². The van der Waals surface area contributed by atoms with Gasteiger partial charge < -0.3 is 10.2 Å². The van der Waals surface area contributed by atoms with Crippen LogP contribution in [0.2, 0.25) is 0 Å². The largest absolute Gasteiger partial charge is 0.356 e. The van der Waals surface area contributed by atoms with Gasteiger partial charge in [0.2, 0.25) is 5.91 Å². The van der Waals surface area contributed by atoms with Gasteiger partial charge in [-0.2, -0.15) is 0 Å². The van der Waals surface area contributed by atoms with Crippen molar-refractivity contribution in [2.75, 3.05) is 18.0 Å². The first kappa shape index (κ1) is 16.7. The summed E-state index contributed by atoms with van der Waals surface area (Å²) in [4.78, 5) is 28.9. The number of carbonyl (C=O) groups is 1. The fourth-order valence-electron chi connectivity index (χ4n) is 3.61. The number of rotatable bonds is 4. The monoisotopic (exact) mass is 332 g/mol. The number of hydrogen-bond donors (Lipinski definition) is 1. The predicted molar refractivity (Wildman–Crippen MR) is 90.8 cm³/mol. The van der Waals surface area contributed by atoms with Gasteiger partial charge in [-0.3, -0.25) is 14.9 Å². The summed E-state index contributed by atoms with van der Waals surface area (Å²) >= 11 is 0. The van der Waals surface area contributed by atoms with Crippen LogP contribution in [0.25, 0.3) is 0 Å². The molecule has 1 aliphatic heterocycles. The molecule has 1 aromatic rings. The third kappa shape index (κ3) is 4.01. The van der Waals surface area contributed by atoms with E-state index in [1.807, 2.05) is 0 Å². The van der Waals surface area contributed by atoms with Gasteiger partial charge in [-0.05, 0) is 31.7 Å². The van der Waals surface area contributed by atoms with Gasteiger partial charge in [-0.1, -0.05) is 19.3 Å². The molecule has 130 valence electrons. The van der Waals surface area contributed by atoms with Gasteiger partial charge in [0.25, 0.3) is 5.69 Å². The highest BCUT2D eigenvalue weighted by molar-refractivity contribution is 5.79. The molecule has 0 atom stereocenters. The van der Waals surface area contributed by atoms with E-state index in [4.69, 9.17) is 0 Å². The van der Waals surface area contributed by atoms with Crippen molar-refractivity contribution in [1.29, 1.82) is 0 Å². The summed E-state index contributed by atoms with van der Waals surface area (Å²) in [5.74, 6) is 1.19. The first-order valence-corrected chi connectivity index (χ1v) is 8.79. The molecule has 0 bridgehead atoms. The minimum atomic E-state index is -0.441. The molecule has 0 radical (unpaired) electrons. The van der Waals surface area contributed by atoms with Crippen LogP contribution in [0.4, 0.5) is 11.5 Å². The highest BCUT2D eigenvalue weighted by Crippen LogP contribution is 2.25. The van der Waals surface area contributed by atoms with Gasteiger partial charge in [0.1, 0.15) is 12.0 Å². The molecule has 3 rings (SSSR count). The highest BCUT2D eigenvalue weighted by Gasteiger charge is 2.26. The van der Waals surface area contributed by atoms with E-state index in [0.29, 0.717) is 0 Å². The standard InChI is InChI=1S/C17H24N4O3/c22-17(13-4-2-1-3-5-13)19-14-8-10-20(11-9-14)16-7-6-15(12-18-16)21(23)24/h6-7,12-14H,1-5,8-11H2,(H,19,22). The molecule has 1 amide bonds. The fraction of sp³-hybridized carbons (Fsp3) is 0.647. The number of piperidine rings is 1. The predicted octanol–water partition coefficient (Wildman–Crippen LogP) is 2.66. The van der Waals surface area contributed by atoms with Crippen molar-refractivity contribution >= 4 is 17.4 Å². The smallest absolute Gasteiger partial charge is 0.287 e. The Morgan fingerprint density at radius 3 is 2.46 bits per heavy atom. The zero-order valence-electron chi connectivity index (χ0n) is 13.8. The van der Waals surface area contributed by atoms with Crippen LogP contribution in [0.1, 0.15) is 44.9 Å². The first-order chi connectivity index (χ1) is 11.6. The molecule has 1 saturated carbocycles. The average Bonchev–Trinajstić information content (AvgIpc) is 2.63. The molecule has 1 aliphatic carbocycles. The third-order valence-electron chi connectivity index (χ3n) is 5.08. The van der Waals surface area contributed by atoms with Crippen LogP contribution < -0.4 is 10.2 Å². The van der Waals surface area contributed by atoms with Crippen molar-refractivity contribution in [2.24, 2.45) is 5.92 Å². The molecule has 2 fully saturated rings. The van der Waals surface area contributed by atoms with Crippen molar-refractivity contribution in [2.45, 2.75) is 51.0 Å². The minimum Gasteiger partial charge on any atom is -0.356 e. The first-order valence-electron chi connectivity index (χ1n) is 8.79. The molecule has 2 aliphatic rings. The Bertz CT molecular complexity index is 576. The molecule has 1 aromatic heterocycles. The third-order valence-corrected chi connectivity index (χ3v) is 5.08. The Balaban J connectivity index is 1.48. The van der Waals surface area contributed by atoms with Crippen molar-refractivity contribution < 1.29 is 9.72 Å². The topological polar surface area (TPSA) is 88.4 Å². The van der Waals surface area contributed by atoms with Crippen molar-refractivity contribution in [1.82, 2.24) is 10.3 Å². The molecular formula is C17H24N4O3. The fourth-order valence-corrected chi connectivity index (χ4v) is 3.61. The van der Waals surface area contributed by atoms with Crippen LogP contribution in [-0.2, 0) is 4.79 Å². The molecule has 0 spiro atoms.